The summed E-state index contributed by atoms with van der Waals surface area (Å²) in [5.74, 6) is 0. The van der Waals surface area contributed by atoms with Crippen molar-refractivity contribution in [1.29, 1.82) is 0 Å². The van der Waals surface area contributed by atoms with Gasteiger partial charge in [-0.15, -0.1) is 0 Å². The first-order chi connectivity index (χ1) is 17.2. The third-order valence-electron chi connectivity index (χ3n) is 6.46. The molecule has 0 spiro atoms. The van der Waals surface area contributed by atoms with Gasteiger partial charge in [0.05, 0.1) is 47.1 Å². The fourth-order valence-corrected chi connectivity index (χ4v) is 5.42. The van der Waals surface area contributed by atoms with Crippen LogP contribution >= 0.6 is 7.60 Å². The van der Waals surface area contributed by atoms with Crippen LogP contribution in [-0.2, 0) is 23.4 Å². The maximum atomic E-state index is 12.2. The molecule has 0 saturated carbocycles. The number of ether oxygens (including phenoxy) is 2. The minimum atomic E-state index is -3.71. The van der Waals surface area contributed by atoms with Crippen molar-refractivity contribution in [2.45, 2.75) is 122 Å². The zero-order valence-electron chi connectivity index (χ0n) is 24.1. The molecule has 2 unspecified atom stereocenters. The van der Waals surface area contributed by atoms with Crippen molar-refractivity contribution in [3.8, 4) is 0 Å². The van der Waals surface area contributed by atoms with Gasteiger partial charge in [0, 0.05) is 6.61 Å². The fraction of sp³-hybridized carbons (Fsp3) is 0.964. The molecule has 0 aromatic carbocycles. The zero-order valence-corrected chi connectivity index (χ0v) is 25.0. The van der Waals surface area contributed by atoms with Crippen LogP contribution in [0.25, 0.3) is 0 Å². The molecule has 0 radical (unpaired) electrons. The van der Waals surface area contributed by atoms with Gasteiger partial charge in [-0.2, -0.15) is 0 Å². The van der Waals surface area contributed by atoms with E-state index in [1.54, 1.807) is 0 Å². The summed E-state index contributed by atoms with van der Waals surface area (Å²) in [5.41, 5.74) is 0. The van der Waals surface area contributed by atoms with Crippen LogP contribution in [0.15, 0.2) is 0 Å². The number of nitrogens with zero attached hydrogens (tertiary/aromatic N) is 1. The van der Waals surface area contributed by atoms with Crippen molar-refractivity contribution in [3.63, 3.8) is 0 Å². The number of hydrogen-bond donors (Lipinski definition) is 1. The van der Waals surface area contributed by atoms with Gasteiger partial charge < -0.3 is 23.4 Å². The van der Waals surface area contributed by atoms with Crippen LogP contribution in [0.3, 0.4) is 0 Å². The third kappa shape index (κ3) is 26.6. The van der Waals surface area contributed by atoms with Crippen molar-refractivity contribution < 1.29 is 32.7 Å². The Morgan fingerprint density at radius 2 is 1.19 bits per heavy atom. The van der Waals surface area contributed by atoms with Crippen LogP contribution in [0.1, 0.15) is 116 Å². The van der Waals surface area contributed by atoms with E-state index in [1.165, 1.54) is 96.3 Å². The molecule has 0 bridgehead atoms. The Bertz CT molecular complexity index is 541. The molecule has 0 fully saturated rings. The maximum absolute atomic E-state index is 12.2. The molecule has 0 aliphatic heterocycles. The lowest BCUT2D eigenvalue weighted by Gasteiger charge is -2.25. The first-order valence-electron chi connectivity index (χ1n) is 14.6. The second-order valence-corrected chi connectivity index (χ2v) is 13.2. The molecular formula is C28H59NO6P+. The summed E-state index contributed by atoms with van der Waals surface area (Å²) >= 11 is 0. The topological polar surface area (TPSA) is 82.1 Å². The number of unbranched alkanes of at least 4 members (excludes halogenated alkanes) is 16. The van der Waals surface area contributed by atoms with Crippen LogP contribution in [0.4, 0.5) is 0 Å². The van der Waals surface area contributed by atoms with Crippen LogP contribution < -0.4 is 0 Å². The highest BCUT2D eigenvalue weighted by Gasteiger charge is 2.25. The van der Waals surface area contributed by atoms with Gasteiger partial charge in [0.15, 0.2) is 0 Å². The highest BCUT2D eigenvalue weighted by atomic mass is 31.2. The van der Waals surface area contributed by atoms with Crippen LogP contribution in [-0.4, -0.2) is 75.6 Å². The van der Waals surface area contributed by atoms with Crippen molar-refractivity contribution >= 4 is 14.1 Å². The quantitative estimate of drug-likeness (QED) is 0.0497. The summed E-state index contributed by atoms with van der Waals surface area (Å²) in [7, 11) is 2.14. The summed E-state index contributed by atoms with van der Waals surface area (Å²) in [6.45, 7) is 3.76. The molecule has 0 aromatic heterocycles. The van der Waals surface area contributed by atoms with Gasteiger partial charge in [-0.05, 0) is 6.42 Å². The molecule has 0 aliphatic carbocycles. The number of hydrogen-bond acceptors (Lipinski definition) is 5. The van der Waals surface area contributed by atoms with E-state index in [1.807, 2.05) is 21.1 Å². The lowest BCUT2D eigenvalue weighted by molar-refractivity contribution is -0.867. The van der Waals surface area contributed by atoms with E-state index in [2.05, 4.69) is 6.92 Å². The van der Waals surface area contributed by atoms with Gasteiger partial charge in [-0.3, -0.25) is 9.36 Å². The molecule has 0 heterocycles. The summed E-state index contributed by atoms with van der Waals surface area (Å²) in [4.78, 5) is 20.7. The minimum Gasteiger partial charge on any atom is -0.460 e. The Balaban J connectivity index is 3.55. The van der Waals surface area contributed by atoms with Crippen molar-refractivity contribution in [2.24, 2.45) is 0 Å². The average Bonchev–Trinajstić information content (AvgIpc) is 2.82. The second-order valence-electron chi connectivity index (χ2n) is 11.3. The first kappa shape index (κ1) is 35.5. The van der Waals surface area contributed by atoms with Gasteiger partial charge >= 0.3 is 7.60 Å². The Morgan fingerprint density at radius 1 is 0.750 bits per heavy atom. The highest BCUT2D eigenvalue weighted by molar-refractivity contribution is 7.52. The Kier molecular flexibility index (Phi) is 23.3. The molecule has 216 valence electrons. The predicted molar refractivity (Wildman–Crippen MR) is 149 cm³/mol. The van der Waals surface area contributed by atoms with Crippen LogP contribution in [0.2, 0.25) is 0 Å². The highest BCUT2D eigenvalue weighted by Crippen LogP contribution is 2.41. The molecule has 7 nitrogen and oxygen atoms in total. The molecule has 0 saturated heterocycles. The fourth-order valence-electron chi connectivity index (χ4n) is 4.04. The van der Waals surface area contributed by atoms with Gasteiger partial charge in [-0.25, -0.2) is 0 Å². The van der Waals surface area contributed by atoms with E-state index in [9.17, 15) is 14.3 Å². The molecule has 2 atom stereocenters. The molecule has 1 N–H and O–H groups in total. The summed E-state index contributed by atoms with van der Waals surface area (Å²) in [6, 6.07) is 0. The molecule has 0 aliphatic rings. The van der Waals surface area contributed by atoms with E-state index < -0.39 is 13.7 Å². The van der Waals surface area contributed by atoms with Crippen molar-refractivity contribution in [1.82, 2.24) is 0 Å². The van der Waals surface area contributed by atoms with Crippen LogP contribution in [0.5, 0.6) is 0 Å². The molecule has 0 aromatic rings. The van der Waals surface area contributed by atoms with E-state index in [4.69, 9.17) is 14.0 Å². The van der Waals surface area contributed by atoms with E-state index in [0.29, 0.717) is 24.1 Å². The first-order valence-corrected chi connectivity index (χ1v) is 16.4. The van der Waals surface area contributed by atoms with Crippen molar-refractivity contribution in [2.75, 3.05) is 53.7 Å². The summed E-state index contributed by atoms with van der Waals surface area (Å²) in [5, 5.41) is 0. The van der Waals surface area contributed by atoms with Gasteiger partial charge in [0.1, 0.15) is 6.10 Å². The maximum Gasteiger partial charge on any atom is 0.333 e. The molecule has 36 heavy (non-hydrogen) atoms. The predicted octanol–water partition coefficient (Wildman–Crippen LogP) is 7.10. The number of quaternary nitrogens is 1. The third-order valence-corrected chi connectivity index (χ3v) is 7.78. The van der Waals surface area contributed by atoms with Gasteiger partial charge in [-0.1, -0.05) is 110 Å². The lowest BCUT2D eigenvalue weighted by atomic mass is 10.0. The largest absolute Gasteiger partial charge is 0.460 e. The number of carbonyl (C=O) groups excluding carboxylic acids is 1. The number of rotatable bonds is 28. The smallest absolute Gasteiger partial charge is 0.333 e. The standard InChI is InChI=1S/C28H58NO6P/c1-5-6-7-8-9-10-11-12-13-14-15-16-17-18-19-20-21-23-33-25-28(34-27-30)26-35-36(31,32)24-22-29(2,3)4/h27-28H,5-26H2,1-4H3/p+1. The second kappa shape index (κ2) is 23.6. The molecular weight excluding hydrogens is 477 g/mol. The monoisotopic (exact) mass is 536 g/mol. The molecule has 0 rings (SSSR count). The minimum absolute atomic E-state index is 0.0599. The SMILES string of the molecule is CCCCCCCCCCCCCCCCCCCOCC(COP(=O)(O)CC[N+](C)(C)C)OC=O. The lowest BCUT2D eigenvalue weighted by Crippen LogP contribution is -2.37. The molecule has 8 heteroatoms. The van der Waals surface area contributed by atoms with E-state index in [0.717, 1.165) is 12.8 Å². The van der Waals surface area contributed by atoms with Crippen molar-refractivity contribution in [3.05, 3.63) is 0 Å². The number of carbonyl (C=O) groups is 1. The summed E-state index contributed by atoms with van der Waals surface area (Å²) in [6.07, 6.45) is 22.1. The Hall–Kier alpha value is -0.460. The Labute approximate surface area is 222 Å². The van der Waals surface area contributed by atoms with Crippen LogP contribution in [0, 0.1) is 0 Å². The van der Waals surface area contributed by atoms with Gasteiger partial charge in [0.25, 0.3) is 6.47 Å². The zero-order chi connectivity index (χ0) is 27.0. The molecule has 0 amide bonds. The Morgan fingerprint density at radius 3 is 1.61 bits per heavy atom. The van der Waals surface area contributed by atoms with Gasteiger partial charge in [0.2, 0.25) is 0 Å². The van der Waals surface area contributed by atoms with E-state index in [-0.39, 0.29) is 19.4 Å². The average molecular weight is 537 g/mol. The van der Waals surface area contributed by atoms with E-state index >= 15 is 0 Å². The summed E-state index contributed by atoms with van der Waals surface area (Å²) < 4.78 is 28.5. The normalized spacial score (nSPS) is 14.5.